The van der Waals surface area contributed by atoms with Crippen molar-refractivity contribution < 1.29 is 4.79 Å². The van der Waals surface area contributed by atoms with Gasteiger partial charge in [-0.25, -0.2) is 0 Å². The van der Waals surface area contributed by atoms with Gasteiger partial charge in [0.2, 0.25) is 5.91 Å². The Kier molecular flexibility index (Phi) is 6.57. The van der Waals surface area contributed by atoms with Crippen molar-refractivity contribution in [1.82, 2.24) is 4.90 Å². The minimum absolute atomic E-state index is 0.0348. The number of carbonyl (C=O) groups is 1. The quantitative estimate of drug-likeness (QED) is 0.819. The van der Waals surface area contributed by atoms with E-state index in [0.717, 1.165) is 25.8 Å². The van der Waals surface area contributed by atoms with Crippen molar-refractivity contribution in [2.45, 2.75) is 33.1 Å². The number of benzene rings is 1. The van der Waals surface area contributed by atoms with Gasteiger partial charge in [0.25, 0.3) is 0 Å². The first kappa shape index (κ1) is 15.7. The molecule has 0 bridgehead atoms. The Labute approximate surface area is 116 Å². The van der Waals surface area contributed by atoms with E-state index < -0.39 is 0 Å². The lowest BCUT2D eigenvalue weighted by molar-refractivity contribution is -0.133. The summed E-state index contributed by atoms with van der Waals surface area (Å²) in [5, 5.41) is 0. The fourth-order valence-electron chi connectivity index (χ4n) is 2.10. The molecule has 3 heteroatoms. The van der Waals surface area contributed by atoms with Gasteiger partial charge in [-0.1, -0.05) is 38.1 Å². The maximum absolute atomic E-state index is 12.1. The Bertz CT molecular complexity index is 382. The van der Waals surface area contributed by atoms with Crippen molar-refractivity contribution in [3.05, 3.63) is 35.4 Å². The minimum Gasteiger partial charge on any atom is -0.345 e. The van der Waals surface area contributed by atoms with E-state index in [-0.39, 0.29) is 11.8 Å². The summed E-state index contributed by atoms with van der Waals surface area (Å²) in [4.78, 5) is 13.9. The molecule has 0 saturated heterocycles. The lowest BCUT2D eigenvalue weighted by atomic mass is 10.0. The number of aryl methyl sites for hydroxylation is 1. The molecule has 0 spiro atoms. The molecular weight excluding hydrogens is 236 g/mol. The van der Waals surface area contributed by atoms with Crippen LogP contribution in [-0.4, -0.2) is 30.9 Å². The Morgan fingerprint density at radius 2 is 1.79 bits per heavy atom. The van der Waals surface area contributed by atoms with Crippen LogP contribution in [0, 0.1) is 5.92 Å². The second-order valence-electron chi connectivity index (χ2n) is 5.02. The third-order valence-electron chi connectivity index (χ3n) is 3.67. The third-order valence-corrected chi connectivity index (χ3v) is 3.67. The third kappa shape index (κ3) is 4.67. The predicted molar refractivity (Wildman–Crippen MR) is 80.0 cm³/mol. The minimum atomic E-state index is -0.0348. The van der Waals surface area contributed by atoms with Gasteiger partial charge in [0.05, 0.1) is 5.92 Å². The average molecular weight is 262 g/mol. The number of likely N-dealkylation sites (N-methyl/N-ethyl adjacent to an activating group) is 1. The van der Waals surface area contributed by atoms with Gasteiger partial charge >= 0.3 is 0 Å². The van der Waals surface area contributed by atoms with Gasteiger partial charge in [-0.15, -0.1) is 0 Å². The van der Waals surface area contributed by atoms with Crippen molar-refractivity contribution in [1.29, 1.82) is 0 Å². The molecule has 2 N–H and O–H groups in total. The maximum Gasteiger partial charge on any atom is 0.226 e. The van der Waals surface area contributed by atoms with E-state index >= 15 is 0 Å². The van der Waals surface area contributed by atoms with Crippen LogP contribution in [0.4, 0.5) is 0 Å². The summed E-state index contributed by atoms with van der Waals surface area (Å²) in [6.45, 7) is 5.34. The first-order valence-electron chi connectivity index (χ1n) is 7.15. The molecule has 0 saturated carbocycles. The van der Waals surface area contributed by atoms with Crippen molar-refractivity contribution in [2.75, 3.05) is 20.1 Å². The highest BCUT2D eigenvalue weighted by Crippen LogP contribution is 2.08. The lowest BCUT2D eigenvalue weighted by Gasteiger charge is -2.22. The van der Waals surface area contributed by atoms with E-state index in [1.807, 2.05) is 14.0 Å². The van der Waals surface area contributed by atoms with Crippen LogP contribution in [0.15, 0.2) is 24.3 Å². The fraction of sp³-hybridized carbons (Fsp3) is 0.562. The van der Waals surface area contributed by atoms with E-state index in [4.69, 9.17) is 5.73 Å². The molecule has 1 atom stereocenters. The van der Waals surface area contributed by atoms with Crippen LogP contribution in [0.25, 0.3) is 0 Å². The smallest absolute Gasteiger partial charge is 0.226 e. The number of rotatable bonds is 7. The standard InChI is InChI=1S/C16H26N2O/c1-4-13-6-8-14(9-7-13)10-11-18(3)16(19)15(5-2)12-17/h6-9,15H,4-5,10-12,17H2,1-3H3. The zero-order chi connectivity index (χ0) is 14.3. The number of amides is 1. The van der Waals surface area contributed by atoms with Crippen LogP contribution < -0.4 is 5.73 Å². The van der Waals surface area contributed by atoms with Gasteiger partial charge in [0.1, 0.15) is 0 Å². The van der Waals surface area contributed by atoms with E-state index in [0.29, 0.717) is 6.54 Å². The summed E-state index contributed by atoms with van der Waals surface area (Å²) in [5.74, 6) is 0.127. The van der Waals surface area contributed by atoms with Gasteiger partial charge in [-0.3, -0.25) is 4.79 Å². The summed E-state index contributed by atoms with van der Waals surface area (Å²) in [5.41, 5.74) is 8.24. The molecule has 1 aromatic carbocycles. The topological polar surface area (TPSA) is 46.3 Å². The summed E-state index contributed by atoms with van der Waals surface area (Å²) >= 11 is 0. The van der Waals surface area contributed by atoms with Crippen molar-refractivity contribution in [2.24, 2.45) is 11.7 Å². The molecule has 0 fully saturated rings. The van der Waals surface area contributed by atoms with Crippen molar-refractivity contribution in [3.8, 4) is 0 Å². The molecular formula is C16H26N2O. The zero-order valence-corrected chi connectivity index (χ0v) is 12.4. The van der Waals surface area contributed by atoms with Gasteiger partial charge < -0.3 is 10.6 Å². The first-order valence-corrected chi connectivity index (χ1v) is 7.15. The van der Waals surface area contributed by atoms with E-state index in [1.54, 1.807) is 4.90 Å². The second-order valence-corrected chi connectivity index (χ2v) is 5.02. The Morgan fingerprint density at radius 3 is 2.26 bits per heavy atom. The van der Waals surface area contributed by atoms with Crippen LogP contribution in [-0.2, 0) is 17.6 Å². The van der Waals surface area contributed by atoms with Crippen molar-refractivity contribution in [3.63, 3.8) is 0 Å². The van der Waals surface area contributed by atoms with Crippen LogP contribution in [0.2, 0.25) is 0 Å². The summed E-state index contributed by atoms with van der Waals surface area (Å²) < 4.78 is 0. The molecule has 0 heterocycles. The largest absolute Gasteiger partial charge is 0.345 e. The summed E-state index contributed by atoms with van der Waals surface area (Å²) in [7, 11) is 1.86. The molecule has 0 aromatic heterocycles. The predicted octanol–water partition coefficient (Wildman–Crippen LogP) is 2.23. The summed E-state index contributed by atoms with van der Waals surface area (Å²) in [6.07, 6.45) is 2.77. The molecule has 1 aromatic rings. The molecule has 1 rings (SSSR count). The number of nitrogens with zero attached hydrogens (tertiary/aromatic N) is 1. The van der Waals surface area contributed by atoms with Crippen LogP contribution in [0.5, 0.6) is 0 Å². The molecule has 106 valence electrons. The van der Waals surface area contributed by atoms with Gasteiger partial charge in [0.15, 0.2) is 0 Å². The van der Waals surface area contributed by atoms with Crippen molar-refractivity contribution >= 4 is 5.91 Å². The number of hydrogen-bond donors (Lipinski definition) is 1. The van der Waals surface area contributed by atoms with E-state index in [9.17, 15) is 4.79 Å². The SMILES string of the molecule is CCc1ccc(CCN(C)C(=O)C(CC)CN)cc1. The van der Waals surface area contributed by atoms with E-state index in [1.165, 1.54) is 11.1 Å². The molecule has 1 amide bonds. The average Bonchev–Trinajstić information content (AvgIpc) is 2.46. The molecule has 1 unspecified atom stereocenters. The highest BCUT2D eigenvalue weighted by molar-refractivity contribution is 5.78. The normalized spacial score (nSPS) is 12.2. The molecule has 19 heavy (non-hydrogen) atoms. The van der Waals surface area contributed by atoms with Gasteiger partial charge in [0, 0.05) is 20.1 Å². The van der Waals surface area contributed by atoms with Gasteiger partial charge in [-0.05, 0) is 30.4 Å². The molecule has 0 radical (unpaired) electrons. The molecule has 3 nitrogen and oxygen atoms in total. The lowest BCUT2D eigenvalue weighted by Crippen LogP contribution is -2.37. The summed E-state index contributed by atoms with van der Waals surface area (Å²) in [6, 6.07) is 8.62. The van der Waals surface area contributed by atoms with E-state index in [2.05, 4.69) is 31.2 Å². The Morgan fingerprint density at radius 1 is 1.21 bits per heavy atom. The zero-order valence-electron chi connectivity index (χ0n) is 12.4. The Hall–Kier alpha value is -1.35. The first-order chi connectivity index (χ1) is 9.12. The Balaban J connectivity index is 2.48. The highest BCUT2D eigenvalue weighted by Gasteiger charge is 2.18. The number of hydrogen-bond acceptors (Lipinski definition) is 2. The van der Waals surface area contributed by atoms with Crippen LogP contribution in [0.1, 0.15) is 31.4 Å². The second kappa shape index (κ2) is 7.95. The number of carbonyl (C=O) groups excluding carboxylic acids is 1. The fourth-order valence-corrected chi connectivity index (χ4v) is 2.10. The molecule has 0 aliphatic heterocycles. The maximum atomic E-state index is 12.1. The molecule has 0 aliphatic carbocycles. The number of nitrogens with two attached hydrogens (primary N) is 1. The monoisotopic (exact) mass is 262 g/mol. The van der Waals surface area contributed by atoms with Crippen LogP contribution in [0.3, 0.4) is 0 Å². The molecule has 0 aliphatic rings. The van der Waals surface area contributed by atoms with Gasteiger partial charge in [-0.2, -0.15) is 0 Å². The van der Waals surface area contributed by atoms with Crippen LogP contribution >= 0.6 is 0 Å². The highest BCUT2D eigenvalue weighted by atomic mass is 16.2.